The number of amides is 2. The van der Waals surface area contributed by atoms with Crippen LogP contribution in [0.3, 0.4) is 0 Å². The van der Waals surface area contributed by atoms with Gasteiger partial charge in [-0.3, -0.25) is 14.9 Å². The summed E-state index contributed by atoms with van der Waals surface area (Å²) in [5.74, 6) is -0.317. The summed E-state index contributed by atoms with van der Waals surface area (Å²) in [6.07, 6.45) is 3.56. The van der Waals surface area contributed by atoms with Crippen molar-refractivity contribution < 1.29 is 9.59 Å². The Labute approximate surface area is 172 Å². The van der Waals surface area contributed by atoms with Crippen LogP contribution in [0.1, 0.15) is 40.3 Å². The average molecular weight is 407 g/mol. The summed E-state index contributed by atoms with van der Waals surface area (Å²) >= 11 is 1.34. The van der Waals surface area contributed by atoms with Crippen LogP contribution in [0.15, 0.2) is 42.7 Å². The Hall–Kier alpha value is -3.26. The van der Waals surface area contributed by atoms with Crippen LogP contribution in [0.4, 0.5) is 5.13 Å². The van der Waals surface area contributed by atoms with Gasteiger partial charge in [-0.25, -0.2) is 9.97 Å². The Morgan fingerprint density at radius 2 is 1.97 bits per heavy atom. The lowest BCUT2D eigenvalue weighted by Gasteiger charge is -2.18. The molecular formula is C21H21N5O2S. The molecule has 0 aliphatic heterocycles. The molecule has 7 nitrogen and oxygen atoms in total. The van der Waals surface area contributed by atoms with E-state index in [9.17, 15) is 9.59 Å². The number of thiazole rings is 1. The Balaban J connectivity index is 1.58. The van der Waals surface area contributed by atoms with Gasteiger partial charge in [-0.15, -0.1) is 0 Å². The summed E-state index contributed by atoms with van der Waals surface area (Å²) in [6, 6.07) is 9.29. The van der Waals surface area contributed by atoms with Crippen LogP contribution in [0.2, 0.25) is 0 Å². The predicted octanol–water partition coefficient (Wildman–Crippen LogP) is 3.99. The van der Waals surface area contributed by atoms with E-state index in [1.54, 1.807) is 17.2 Å². The summed E-state index contributed by atoms with van der Waals surface area (Å²) in [4.78, 5) is 35.8. The van der Waals surface area contributed by atoms with Crippen LogP contribution < -0.4 is 5.32 Å². The molecular weight excluding hydrogens is 386 g/mol. The van der Waals surface area contributed by atoms with Gasteiger partial charge < -0.3 is 9.30 Å². The number of nitrogens with one attached hydrogen (secondary N) is 1. The first-order chi connectivity index (χ1) is 14.0. The number of hydrogen-bond donors (Lipinski definition) is 1. The Kier molecular flexibility index (Phi) is 5.02. The van der Waals surface area contributed by atoms with E-state index in [1.165, 1.54) is 11.3 Å². The summed E-state index contributed by atoms with van der Waals surface area (Å²) in [7, 11) is 0. The lowest BCUT2D eigenvalue weighted by molar-refractivity contribution is 0.0773. The van der Waals surface area contributed by atoms with E-state index in [0.717, 1.165) is 21.4 Å². The minimum atomic E-state index is -0.313. The van der Waals surface area contributed by atoms with Crippen LogP contribution in [-0.4, -0.2) is 44.2 Å². The molecule has 8 heteroatoms. The monoisotopic (exact) mass is 407 g/mol. The van der Waals surface area contributed by atoms with E-state index in [4.69, 9.17) is 0 Å². The van der Waals surface area contributed by atoms with Crippen LogP contribution in [0.25, 0.3) is 15.9 Å². The van der Waals surface area contributed by atoms with E-state index in [1.807, 2.05) is 55.6 Å². The summed E-state index contributed by atoms with van der Waals surface area (Å²) in [5.41, 5.74) is 3.44. The molecule has 29 heavy (non-hydrogen) atoms. The van der Waals surface area contributed by atoms with Crippen molar-refractivity contribution in [3.63, 3.8) is 0 Å². The molecule has 0 spiro atoms. The molecule has 1 aromatic carbocycles. The molecule has 0 atom stereocenters. The largest absolute Gasteiger partial charge is 0.339 e. The molecule has 3 heterocycles. The highest BCUT2D eigenvalue weighted by atomic mass is 32.1. The molecule has 1 N–H and O–H groups in total. The number of rotatable bonds is 5. The quantitative estimate of drug-likeness (QED) is 0.543. The van der Waals surface area contributed by atoms with Crippen molar-refractivity contribution in [1.29, 1.82) is 0 Å². The van der Waals surface area contributed by atoms with Gasteiger partial charge >= 0.3 is 0 Å². The number of pyridine rings is 1. The lowest BCUT2D eigenvalue weighted by atomic mass is 10.2. The van der Waals surface area contributed by atoms with E-state index in [-0.39, 0.29) is 11.8 Å². The lowest BCUT2D eigenvalue weighted by Crippen LogP contribution is -2.30. The Morgan fingerprint density at radius 1 is 1.17 bits per heavy atom. The van der Waals surface area contributed by atoms with Crippen LogP contribution >= 0.6 is 11.3 Å². The molecule has 0 radical (unpaired) electrons. The van der Waals surface area contributed by atoms with E-state index in [0.29, 0.717) is 29.5 Å². The minimum absolute atomic E-state index is 0.00374. The molecule has 3 aromatic heterocycles. The molecule has 0 bridgehead atoms. The number of nitrogens with zero attached hydrogens (tertiary/aromatic N) is 4. The maximum absolute atomic E-state index is 12.6. The SMILES string of the molecule is CCN(CC)C(=O)c1ccc2nc(NC(=O)c3cn4cccc(C)c4n3)sc2c1. The zero-order valence-corrected chi connectivity index (χ0v) is 17.3. The molecule has 0 unspecified atom stereocenters. The van der Waals surface area contributed by atoms with E-state index in [2.05, 4.69) is 15.3 Å². The van der Waals surface area contributed by atoms with Gasteiger partial charge in [0, 0.05) is 31.0 Å². The molecule has 2 amide bonds. The minimum Gasteiger partial charge on any atom is -0.339 e. The summed E-state index contributed by atoms with van der Waals surface area (Å²) in [6.45, 7) is 7.20. The average Bonchev–Trinajstić information content (AvgIpc) is 3.32. The van der Waals surface area contributed by atoms with Crippen molar-refractivity contribution in [3.8, 4) is 0 Å². The first-order valence-electron chi connectivity index (χ1n) is 9.45. The molecule has 0 aliphatic rings. The molecule has 148 valence electrons. The van der Waals surface area contributed by atoms with Crippen molar-refractivity contribution in [2.24, 2.45) is 0 Å². The zero-order chi connectivity index (χ0) is 20.5. The number of fused-ring (bicyclic) bond motifs is 2. The Bertz CT molecular complexity index is 1220. The predicted molar refractivity (Wildman–Crippen MR) is 115 cm³/mol. The normalized spacial score (nSPS) is 11.1. The first-order valence-corrected chi connectivity index (χ1v) is 10.3. The molecule has 4 aromatic rings. The first kappa shape index (κ1) is 19.1. The standard InChI is InChI=1S/C21H21N5O2S/c1-4-25(5-2)20(28)14-8-9-15-17(11-14)29-21(23-15)24-19(27)16-12-26-10-6-7-13(3)18(26)22-16/h6-12H,4-5H2,1-3H3,(H,23,24,27). The second-order valence-electron chi connectivity index (χ2n) is 6.68. The maximum atomic E-state index is 12.6. The second kappa shape index (κ2) is 7.63. The van der Waals surface area contributed by atoms with Gasteiger partial charge in [-0.05, 0) is 50.6 Å². The topological polar surface area (TPSA) is 79.6 Å². The number of carbonyl (C=O) groups is 2. The van der Waals surface area contributed by atoms with Crippen LogP contribution in [0, 0.1) is 6.92 Å². The summed E-state index contributed by atoms with van der Waals surface area (Å²) in [5, 5.41) is 3.30. The number of imidazole rings is 1. The molecule has 0 saturated heterocycles. The Morgan fingerprint density at radius 3 is 2.69 bits per heavy atom. The van der Waals surface area contributed by atoms with Gasteiger partial charge in [0.05, 0.1) is 10.2 Å². The maximum Gasteiger partial charge on any atom is 0.277 e. The highest BCUT2D eigenvalue weighted by molar-refractivity contribution is 7.22. The van der Waals surface area contributed by atoms with Crippen molar-refractivity contribution in [2.45, 2.75) is 20.8 Å². The van der Waals surface area contributed by atoms with Crippen molar-refractivity contribution in [1.82, 2.24) is 19.3 Å². The third kappa shape index (κ3) is 3.58. The van der Waals surface area contributed by atoms with Crippen LogP contribution in [-0.2, 0) is 0 Å². The second-order valence-corrected chi connectivity index (χ2v) is 7.71. The summed E-state index contributed by atoms with van der Waals surface area (Å²) < 4.78 is 2.68. The van der Waals surface area contributed by atoms with Gasteiger partial charge in [0.15, 0.2) is 5.13 Å². The van der Waals surface area contributed by atoms with Gasteiger partial charge in [0.25, 0.3) is 11.8 Å². The molecule has 4 rings (SSSR count). The van der Waals surface area contributed by atoms with Crippen molar-refractivity contribution >= 4 is 44.1 Å². The van der Waals surface area contributed by atoms with Crippen molar-refractivity contribution in [3.05, 3.63) is 59.5 Å². The number of aromatic nitrogens is 3. The fraction of sp³-hybridized carbons (Fsp3) is 0.238. The van der Waals surface area contributed by atoms with Gasteiger partial charge in [0.1, 0.15) is 11.3 Å². The van der Waals surface area contributed by atoms with Crippen LogP contribution in [0.5, 0.6) is 0 Å². The van der Waals surface area contributed by atoms with E-state index < -0.39 is 0 Å². The number of aryl methyl sites for hydroxylation is 1. The highest BCUT2D eigenvalue weighted by Gasteiger charge is 2.16. The molecule has 0 fully saturated rings. The fourth-order valence-corrected chi connectivity index (χ4v) is 4.13. The third-order valence-corrected chi connectivity index (χ3v) is 5.75. The van der Waals surface area contributed by atoms with Gasteiger partial charge in [-0.1, -0.05) is 17.4 Å². The third-order valence-electron chi connectivity index (χ3n) is 4.82. The molecule has 0 aliphatic carbocycles. The van der Waals surface area contributed by atoms with Gasteiger partial charge in [0.2, 0.25) is 0 Å². The zero-order valence-electron chi connectivity index (χ0n) is 16.5. The number of carbonyl (C=O) groups excluding carboxylic acids is 2. The molecule has 0 saturated carbocycles. The van der Waals surface area contributed by atoms with Crippen molar-refractivity contribution in [2.75, 3.05) is 18.4 Å². The van der Waals surface area contributed by atoms with E-state index >= 15 is 0 Å². The number of hydrogen-bond acceptors (Lipinski definition) is 5. The number of anilines is 1. The smallest absolute Gasteiger partial charge is 0.277 e. The highest BCUT2D eigenvalue weighted by Crippen LogP contribution is 2.27. The fourth-order valence-electron chi connectivity index (χ4n) is 3.23. The van der Waals surface area contributed by atoms with Gasteiger partial charge in [-0.2, -0.15) is 0 Å². The number of benzene rings is 1.